The number of thiophene rings is 2. The highest BCUT2D eigenvalue weighted by molar-refractivity contribution is 7.12. The summed E-state index contributed by atoms with van der Waals surface area (Å²) in [6.45, 7) is 4.19. The second-order valence-corrected chi connectivity index (χ2v) is 7.35. The highest BCUT2D eigenvalue weighted by Gasteiger charge is 2.21. The van der Waals surface area contributed by atoms with E-state index in [9.17, 15) is 5.11 Å². The second kappa shape index (κ2) is 4.23. The van der Waals surface area contributed by atoms with Crippen LogP contribution in [0.4, 0.5) is 0 Å². The number of rotatable bonds is 2. The third kappa shape index (κ3) is 1.96. The summed E-state index contributed by atoms with van der Waals surface area (Å²) >= 11 is 3.57. The van der Waals surface area contributed by atoms with Gasteiger partial charge in [0.2, 0.25) is 0 Å². The van der Waals surface area contributed by atoms with E-state index in [2.05, 4.69) is 26.0 Å². The van der Waals surface area contributed by atoms with Crippen molar-refractivity contribution < 1.29 is 5.11 Å². The molecule has 1 nitrogen and oxygen atoms in total. The third-order valence-corrected chi connectivity index (χ3v) is 5.68. The zero-order chi connectivity index (χ0) is 12.0. The summed E-state index contributed by atoms with van der Waals surface area (Å²) in [6.07, 6.45) is 3.26. The van der Waals surface area contributed by atoms with Crippen LogP contribution in [0.1, 0.15) is 43.2 Å². The van der Waals surface area contributed by atoms with E-state index < -0.39 is 6.10 Å². The zero-order valence-electron chi connectivity index (χ0n) is 10.1. The van der Waals surface area contributed by atoms with Crippen molar-refractivity contribution in [1.29, 1.82) is 0 Å². The average molecular weight is 264 g/mol. The molecule has 1 unspecified atom stereocenters. The van der Waals surface area contributed by atoms with E-state index in [-0.39, 0.29) is 0 Å². The predicted octanol–water partition coefficient (Wildman–Crippen LogP) is 4.00. The van der Waals surface area contributed by atoms with Crippen molar-refractivity contribution in [2.45, 2.75) is 39.2 Å². The Morgan fingerprint density at radius 1 is 1.18 bits per heavy atom. The molecule has 3 heteroatoms. The Labute approximate surface area is 110 Å². The SMILES string of the molecule is Cc1cc(C(O)c2cc3c(s2)CCC3)c(C)s1. The van der Waals surface area contributed by atoms with E-state index in [0.29, 0.717) is 0 Å². The van der Waals surface area contributed by atoms with Crippen molar-refractivity contribution in [1.82, 2.24) is 0 Å². The molecule has 2 aromatic rings. The molecular weight excluding hydrogens is 248 g/mol. The summed E-state index contributed by atoms with van der Waals surface area (Å²) in [5.41, 5.74) is 2.56. The number of hydrogen-bond donors (Lipinski definition) is 1. The molecule has 17 heavy (non-hydrogen) atoms. The summed E-state index contributed by atoms with van der Waals surface area (Å²) in [5.74, 6) is 0. The van der Waals surface area contributed by atoms with Crippen LogP contribution in [-0.4, -0.2) is 5.11 Å². The van der Waals surface area contributed by atoms with Crippen LogP contribution in [0.25, 0.3) is 0 Å². The van der Waals surface area contributed by atoms with Crippen molar-refractivity contribution in [2.24, 2.45) is 0 Å². The minimum absolute atomic E-state index is 0.421. The maximum atomic E-state index is 10.5. The average Bonchev–Trinajstić information content (AvgIpc) is 2.90. The van der Waals surface area contributed by atoms with Gasteiger partial charge in [-0.1, -0.05) is 0 Å². The van der Waals surface area contributed by atoms with Crippen LogP contribution in [0.2, 0.25) is 0 Å². The van der Waals surface area contributed by atoms with Gasteiger partial charge in [0.1, 0.15) is 6.10 Å². The predicted molar refractivity (Wildman–Crippen MR) is 74.2 cm³/mol. The van der Waals surface area contributed by atoms with Crippen molar-refractivity contribution in [2.75, 3.05) is 0 Å². The first-order valence-electron chi connectivity index (χ1n) is 6.01. The Kier molecular flexibility index (Phi) is 2.85. The van der Waals surface area contributed by atoms with E-state index >= 15 is 0 Å². The Morgan fingerprint density at radius 2 is 2.00 bits per heavy atom. The van der Waals surface area contributed by atoms with Crippen LogP contribution < -0.4 is 0 Å². The Bertz CT molecular complexity index is 529. The molecule has 0 saturated carbocycles. The first-order valence-corrected chi connectivity index (χ1v) is 7.65. The molecule has 0 fully saturated rings. The van der Waals surface area contributed by atoms with Crippen molar-refractivity contribution >= 4 is 22.7 Å². The van der Waals surface area contributed by atoms with E-state index in [1.807, 2.05) is 0 Å². The molecule has 1 N–H and O–H groups in total. The number of aliphatic hydroxyl groups excluding tert-OH is 1. The summed E-state index contributed by atoms with van der Waals surface area (Å²) < 4.78 is 0. The Balaban J connectivity index is 1.95. The molecule has 1 aliphatic carbocycles. The molecule has 3 rings (SSSR count). The minimum Gasteiger partial charge on any atom is -0.383 e. The van der Waals surface area contributed by atoms with E-state index in [1.54, 1.807) is 22.7 Å². The van der Waals surface area contributed by atoms with Crippen LogP contribution in [0.15, 0.2) is 12.1 Å². The number of aliphatic hydroxyl groups is 1. The Hall–Kier alpha value is -0.640. The van der Waals surface area contributed by atoms with Gasteiger partial charge >= 0.3 is 0 Å². The van der Waals surface area contributed by atoms with Gasteiger partial charge in [-0.05, 0) is 56.4 Å². The lowest BCUT2D eigenvalue weighted by molar-refractivity contribution is 0.224. The van der Waals surface area contributed by atoms with Crippen LogP contribution >= 0.6 is 22.7 Å². The lowest BCUT2D eigenvalue weighted by Gasteiger charge is -2.08. The highest BCUT2D eigenvalue weighted by atomic mass is 32.1. The fourth-order valence-corrected chi connectivity index (χ4v) is 4.78. The molecule has 0 spiro atoms. The quantitative estimate of drug-likeness (QED) is 0.869. The lowest BCUT2D eigenvalue weighted by Crippen LogP contribution is -1.96. The summed E-state index contributed by atoms with van der Waals surface area (Å²) in [4.78, 5) is 5.13. The lowest BCUT2D eigenvalue weighted by atomic mass is 10.1. The molecule has 0 aliphatic heterocycles. The van der Waals surface area contributed by atoms with Gasteiger partial charge in [0.15, 0.2) is 0 Å². The molecule has 0 saturated heterocycles. The van der Waals surface area contributed by atoms with Crippen LogP contribution in [-0.2, 0) is 12.8 Å². The van der Waals surface area contributed by atoms with Gasteiger partial charge in [0.25, 0.3) is 0 Å². The fraction of sp³-hybridized carbons (Fsp3) is 0.429. The van der Waals surface area contributed by atoms with Gasteiger partial charge in [0.05, 0.1) is 0 Å². The van der Waals surface area contributed by atoms with Crippen LogP contribution in [0, 0.1) is 13.8 Å². The topological polar surface area (TPSA) is 20.2 Å². The number of aryl methyl sites for hydroxylation is 4. The van der Waals surface area contributed by atoms with Gasteiger partial charge in [0, 0.05) is 19.5 Å². The highest BCUT2D eigenvalue weighted by Crippen LogP contribution is 2.38. The maximum absolute atomic E-state index is 10.5. The van der Waals surface area contributed by atoms with E-state index in [0.717, 1.165) is 10.4 Å². The molecule has 0 bridgehead atoms. The molecule has 1 atom stereocenters. The third-order valence-electron chi connectivity index (χ3n) is 3.41. The van der Waals surface area contributed by atoms with Gasteiger partial charge < -0.3 is 5.11 Å². The molecule has 2 heterocycles. The molecule has 0 radical (unpaired) electrons. The standard InChI is InChI=1S/C14H16OS2/c1-8-6-11(9(2)16-8)14(15)13-7-10-4-3-5-12(10)17-13/h6-7,14-15H,3-5H2,1-2H3. The fourth-order valence-electron chi connectivity index (χ4n) is 2.56. The molecular formula is C14H16OS2. The number of fused-ring (bicyclic) bond motifs is 1. The monoisotopic (exact) mass is 264 g/mol. The molecule has 0 amide bonds. The molecule has 0 aromatic carbocycles. The van der Waals surface area contributed by atoms with Crippen molar-refractivity contribution in [3.8, 4) is 0 Å². The van der Waals surface area contributed by atoms with E-state index in [4.69, 9.17) is 0 Å². The smallest absolute Gasteiger partial charge is 0.114 e. The van der Waals surface area contributed by atoms with Gasteiger partial charge in [-0.25, -0.2) is 0 Å². The number of hydrogen-bond acceptors (Lipinski definition) is 3. The zero-order valence-corrected chi connectivity index (χ0v) is 11.8. The first kappa shape index (κ1) is 11.5. The van der Waals surface area contributed by atoms with Crippen molar-refractivity contribution in [3.63, 3.8) is 0 Å². The first-order chi connectivity index (χ1) is 8.15. The molecule has 2 aromatic heterocycles. The van der Waals surface area contributed by atoms with Gasteiger partial charge in [-0.15, -0.1) is 22.7 Å². The van der Waals surface area contributed by atoms with Gasteiger partial charge in [-0.2, -0.15) is 0 Å². The van der Waals surface area contributed by atoms with Gasteiger partial charge in [-0.3, -0.25) is 0 Å². The largest absolute Gasteiger partial charge is 0.383 e. The van der Waals surface area contributed by atoms with Crippen molar-refractivity contribution in [3.05, 3.63) is 42.8 Å². The summed E-state index contributed by atoms with van der Waals surface area (Å²) in [7, 11) is 0. The summed E-state index contributed by atoms with van der Waals surface area (Å²) in [6, 6.07) is 4.33. The Morgan fingerprint density at radius 3 is 2.65 bits per heavy atom. The van der Waals surface area contributed by atoms with Crippen LogP contribution in [0.5, 0.6) is 0 Å². The van der Waals surface area contributed by atoms with Crippen LogP contribution in [0.3, 0.4) is 0 Å². The minimum atomic E-state index is -0.421. The molecule has 90 valence electrons. The second-order valence-electron chi connectivity index (χ2n) is 4.72. The maximum Gasteiger partial charge on any atom is 0.114 e. The van der Waals surface area contributed by atoms with E-state index in [1.165, 1.54) is 39.5 Å². The molecule has 1 aliphatic rings. The normalized spacial score (nSPS) is 16.2. The summed E-state index contributed by atoms with van der Waals surface area (Å²) in [5, 5.41) is 10.5.